The lowest BCUT2D eigenvalue weighted by Gasteiger charge is -2.37. The van der Waals surface area contributed by atoms with Gasteiger partial charge in [0.1, 0.15) is 5.82 Å². The van der Waals surface area contributed by atoms with E-state index in [1.807, 2.05) is 49.1 Å². The summed E-state index contributed by atoms with van der Waals surface area (Å²) in [5, 5.41) is 8.18. The minimum atomic E-state index is -0.350. The van der Waals surface area contributed by atoms with Gasteiger partial charge in [0.25, 0.3) is 5.89 Å². The fourth-order valence-electron chi connectivity index (χ4n) is 3.77. The van der Waals surface area contributed by atoms with Gasteiger partial charge in [-0.2, -0.15) is 4.98 Å². The van der Waals surface area contributed by atoms with E-state index in [0.717, 1.165) is 23.3 Å². The zero-order valence-electron chi connectivity index (χ0n) is 18.0. The van der Waals surface area contributed by atoms with E-state index in [1.165, 1.54) is 12.1 Å². The summed E-state index contributed by atoms with van der Waals surface area (Å²) in [5.74, 6) is 0.361. The highest BCUT2D eigenvalue weighted by molar-refractivity contribution is 7.80. The Bertz CT molecular complexity index is 1120. The molecular weight excluding hydrogens is 427 g/mol. The quantitative estimate of drug-likeness (QED) is 0.383. The number of hydrogen-bond donors (Lipinski definition) is 1. The van der Waals surface area contributed by atoms with Crippen molar-refractivity contribution in [2.75, 3.05) is 19.8 Å². The molecule has 0 radical (unpaired) electrons. The first-order chi connectivity index (χ1) is 15.6. The van der Waals surface area contributed by atoms with Gasteiger partial charge in [0.15, 0.2) is 5.11 Å². The van der Waals surface area contributed by atoms with E-state index in [0.29, 0.717) is 42.1 Å². The summed E-state index contributed by atoms with van der Waals surface area (Å²) in [4.78, 5) is 6.64. The van der Waals surface area contributed by atoms with Crippen LogP contribution in [0.4, 0.5) is 4.39 Å². The predicted octanol–water partition coefficient (Wildman–Crippen LogP) is 4.96. The molecule has 1 unspecified atom stereocenters. The highest BCUT2D eigenvalue weighted by Gasteiger charge is 2.33. The number of hydrogen-bond acceptors (Lipinski definition) is 5. The second-order valence-electron chi connectivity index (χ2n) is 7.43. The average molecular weight is 453 g/mol. The molecule has 8 heteroatoms. The first kappa shape index (κ1) is 22.1. The van der Waals surface area contributed by atoms with Gasteiger partial charge in [-0.15, -0.1) is 0 Å². The molecule has 1 atom stereocenters. The average Bonchev–Trinajstić information content (AvgIpc) is 3.28. The van der Waals surface area contributed by atoms with Crippen molar-refractivity contribution in [1.29, 1.82) is 0 Å². The van der Waals surface area contributed by atoms with Crippen molar-refractivity contribution in [3.05, 3.63) is 77.6 Å². The molecule has 0 fully saturated rings. The molecule has 2 heterocycles. The highest BCUT2D eigenvalue weighted by Crippen LogP contribution is 2.37. The third-order valence-corrected chi connectivity index (χ3v) is 5.68. The van der Waals surface area contributed by atoms with E-state index in [9.17, 15) is 4.39 Å². The number of thiocarbonyl (C=S) groups is 1. The Morgan fingerprint density at radius 2 is 2.00 bits per heavy atom. The molecule has 1 aromatic heterocycles. The van der Waals surface area contributed by atoms with Crippen molar-refractivity contribution >= 4 is 22.9 Å². The Morgan fingerprint density at radius 1 is 1.19 bits per heavy atom. The first-order valence-corrected chi connectivity index (χ1v) is 11.0. The van der Waals surface area contributed by atoms with Crippen LogP contribution >= 0.6 is 12.2 Å². The molecule has 1 aliphatic rings. The smallest absolute Gasteiger partial charge is 0.258 e. The third-order valence-electron chi connectivity index (χ3n) is 5.34. The lowest BCUT2D eigenvalue weighted by Crippen LogP contribution is -2.46. The SMILES string of the molecule is CCOCCCN1C(=S)NC(c2ccccc2)C(c2nc(-c3cccc(F)c3)no2)=C1C. The standard InChI is InChI=1S/C24H25FN4O2S/c1-3-30-14-8-13-29-16(2)20(21(26-24(29)32)17-9-5-4-6-10-17)23-27-22(28-31-23)18-11-7-12-19(25)15-18/h4-7,9-12,15,21H,3,8,13-14H2,1-2H3,(H,26,32). The zero-order valence-corrected chi connectivity index (χ0v) is 18.9. The van der Waals surface area contributed by atoms with Gasteiger partial charge < -0.3 is 19.5 Å². The summed E-state index contributed by atoms with van der Waals surface area (Å²) >= 11 is 5.69. The van der Waals surface area contributed by atoms with E-state index >= 15 is 0 Å². The van der Waals surface area contributed by atoms with Crippen LogP contribution in [0.1, 0.15) is 37.8 Å². The molecule has 0 aliphatic carbocycles. The lowest BCUT2D eigenvalue weighted by molar-refractivity contribution is 0.141. The van der Waals surface area contributed by atoms with Crippen LogP contribution in [0.5, 0.6) is 0 Å². The normalized spacial score (nSPS) is 16.4. The number of halogens is 1. The predicted molar refractivity (Wildman–Crippen MR) is 125 cm³/mol. The van der Waals surface area contributed by atoms with Crippen LogP contribution < -0.4 is 5.32 Å². The van der Waals surface area contributed by atoms with Crippen molar-refractivity contribution in [2.24, 2.45) is 0 Å². The van der Waals surface area contributed by atoms with Gasteiger partial charge in [-0.3, -0.25) is 0 Å². The molecule has 0 saturated heterocycles. The maximum absolute atomic E-state index is 13.7. The Morgan fingerprint density at radius 3 is 2.75 bits per heavy atom. The fourth-order valence-corrected chi connectivity index (χ4v) is 4.12. The van der Waals surface area contributed by atoms with Crippen LogP contribution in [0.25, 0.3) is 17.0 Å². The second kappa shape index (κ2) is 10.0. The maximum atomic E-state index is 13.7. The van der Waals surface area contributed by atoms with Crippen LogP contribution in [-0.2, 0) is 4.74 Å². The molecule has 3 aromatic rings. The van der Waals surface area contributed by atoms with Gasteiger partial charge in [-0.05, 0) is 50.2 Å². The molecule has 0 spiro atoms. The minimum Gasteiger partial charge on any atom is -0.382 e. The Hall–Kier alpha value is -3.10. The number of aromatic nitrogens is 2. The molecule has 0 amide bonds. The number of rotatable bonds is 8. The maximum Gasteiger partial charge on any atom is 0.258 e. The zero-order chi connectivity index (χ0) is 22.5. The highest BCUT2D eigenvalue weighted by atomic mass is 32.1. The van der Waals surface area contributed by atoms with E-state index in [1.54, 1.807) is 12.1 Å². The van der Waals surface area contributed by atoms with Crippen molar-refractivity contribution in [3.8, 4) is 11.4 Å². The number of allylic oxidation sites excluding steroid dienone is 1. The van der Waals surface area contributed by atoms with Crippen LogP contribution in [0.2, 0.25) is 0 Å². The molecule has 32 heavy (non-hydrogen) atoms. The third kappa shape index (κ3) is 4.71. The van der Waals surface area contributed by atoms with Crippen molar-refractivity contribution < 1.29 is 13.7 Å². The number of nitrogens with one attached hydrogen (secondary N) is 1. The molecule has 1 aliphatic heterocycles. The van der Waals surface area contributed by atoms with Gasteiger partial charge >= 0.3 is 0 Å². The van der Waals surface area contributed by atoms with E-state index in [-0.39, 0.29) is 11.9 Å². The summed E-state index contributed by atoms with van der Waals surface area (Å²) in [7, 11) is 0. The van der Waals surface area contributed by atoms with Crippen LogP contribution in [0, 0.1) is 5.82 Å². The summed E-state index contributed by atoms with van der Waals surface area (Å²) in [6, 6.07) is 15.9. The molecular formula is C24H25FN4O2S. The van der Waals surface area contributed by atoms with Crippen LogP contribution in [-0.4, -0.2) is 39.9 Å². The van der Waals surface area contributed by atoms with Crippen LogP contribution in [0.15, 0.2) is 64.8 Å². The van der Waals surface area contributed by atoms with Gasteiger partial charge in [0.05, 0.1) is 11.6 Å². The van der Waals surface area contributed by atoms with Gasteiger partial charge in [-0.1, -0.05) is 47.6 Å². The van der Waals surface area contributed by atoms with Gasteiger partial charge in [-0.25, -0.2) is 4.39 Å². The monoisotopic (exact) mass is 452 g/mol. The van der Waals surface area contributed by atoms with Crippen molar-refractivity contribution in [1.82, 2.24) is 20.4 Å². The molecule has 6 nitrogen and oxygen atoms in total. The number of benzene rings is 2. The lowest BCUT2D eigenvalue weighted by atomic mass is 9.95. The number of nitrogens with zero attached hydrogens (tertiary/aromatic N) is 3. The van der Waals surface area contributed by atoms with Crippen molar-refractivity contribution in [3.63, 3.8) is 0 Å². The molecule has 1 N–H and O–H groups in total. The van der Waals surface area contributed by atoms with Gasteiger partial charge in [0, 0.05) is 31.0 Å². The first-order valence-electron chi connectivity index (χ1n) is 10.6. The Balaban J connectivity index is 1.73. The van der Waals surface area contributed by atoms with E-state index < -0.39 is 0 Å². The van der Waals surface area contributed by atoms with E-state index in [2.05, 4.69) is 15.5 Å². The summed E-state index contributed by atoms with van der Waals surface area (Å²) in [5.41, 5.74) is 3.37. The molecule has 0 saturated carbocycles. The van der Waals surface area contributed by atoms with Gasteiger partial charge in [0.2, 0.25) is 5.82 Å². The number of ether oxygens (including phenoxy) is 1. The van der Waals surface area contributed by atoms with E-state index in [4.69, 9.17) is 21.5 Å². The summed E-state index contributed by atoms with van der Waals surface area (Å²) < 4.78 is 24.8. The molecule has 166 valence electrons. The largest absolute Gasteiger partial charge is 0.382 e. The Labute approximate surface area is 192 Å². The summed E-state index contributed by atoms with van der Waals surface area (Å²) in [6.07, 6.45) is 0.828. The molecule has 2 aromatic carbocycles. The topological polar surface area (TPSA) is 63.4 Å². The fraction of sp³-hybridized carbons (Fsp3) is 0.292. The minimum absolute atomic E-state index is 0.243. The molecule has 4 rings (SSSR count). The van der Waals surface area contributed by atoms with Crippen LogP contribution in [0.3, 0.4) is 0 Å². The van der Waals surface area contributed by atoms with Crippen molar-refractivity contribution in [2.45, 2.75) is 26.3 Å². The molecule has 0 bridgehead atoms. The Kier molecular flexibility index (Phi) is 6.92. The second-order valence-corrected chi connectivity index (χ2v) is 7.81. The summed E-state index contributed by atoms with van der Waals surface area (Å²) in [6.45, 7) is 6.03.